The van der Waals surface area contributed by atoms with Crippen LogP contribution in [0.15, 0.2) is 0 Å². The van der Waals surface area contributed by atoms with Gasteiger partial charge in [-0.3, -0.25) is 4.79 Å². The highest BCUT2D eigenvalue weighted by Gasteiger charge is 2.24. The van der Waals surface area contributed by atoms with Crippen molar-refractivity contribution in [2.45, 2.75) is 45.1 Å². The van der Waals surface area contributed by atoms with E-state index in [1.165, 1.54) is 12.8 Å². The number of carbonyl (C=O) groups excluding carboxylic acids is 1. The molecule has 1 aliphatic rings. The Morgan fingerprint density at radius 3 is 2.92 bits per heavy atom. The van der Waals surface area contributed by atoms with E-state index < -0.39 is 0 Å². The monoisotopic (exact) mass is 184 g/mol. The predicted molar refractivity (Wildman–Crippen MR) is 53.3 cm³/mol. The molecule has 0 saturated carbocycles. The molecule has 0 spiro atoms. The Morgan fingerprint density at radius 1 is 1.54 bits per heavy atom. The molecule has 3 nitrogen and oxygen atoms in total. The maximum Gasteiger partial charge on any atom is 0.224 e. The minimum atomic E-state index is 0.244. The van der Waals surface area contributed by atoms with E-state index in [-0.39, 0.29) is 5.91 Å². The molecule has 1 saturated heterocycles. The van der Waals surface area contributed by atoms with Gasteiger partial charge >= 0.3 is 0 Å². The first-order chi connectivity index (χ1) is 6.29. The van der Waals surface area contributed by atoms with Gasteiger partial charge in [0.1, 0.15) is 0 Å². The smallest absolute Gasteiger partial charge is 0.224 e. The summed E-state index contributed by atoms with van der Waals surface area (Å²) < 4.78 is 0. The Balaban J connectivity index is 2.48. The quantitative estimate of drug-likeness (QED) is 0.714. The molecule has 0 aromatic carbocycles. The number of carbonyl (C=O) groups is 1. The highest BCUT2D eigenvalue weighted by molar-refractivity contribution is 5.76. The number of hydrogen-bond acceptors (Lipinski definition) is 2. The van der Waals surface area contributed by atoms with E-state index in [1.54, 1.807) is 0 Å². The average Bonchev–Trinajstić information content (AvgIpc) is 2.18. The minimum absolute atomic E-state index is 0.244. The molecule has 1 fully saturated rings. The van der Waals surface area contributed by atoms with E-state index in [2.05, 4.69) is 6.92 Å². The van der Waals surface area contributed by atoms with Crippen molar-refractivity contribution >= 4 is 5.91 Å². The fourth-order valence-corrected chi connectivity index (χ4v) is 2.02. The largest absolute Gasteiger partial charge is 0.340 e. The van der Waals surface area contributed by atoms with Crippen LogP contribution in [-0.2, 0) is 4.79 Å². The van der Waals surface area contributed by atoms with E-state index in [0.29, 0.717) is 19.0 Å². The van der Waals surface area contributed by atoms with Gasteiger partial charge in [0.05, 0.1) is 0 Å². The number of nitrogens with zero attached hydrogens (tertiary/aromatic N) is 1. The van der Waals surface area contributed by atoms with Crippen LogP contribution in [0.4, 0.5) is 0 Å². The van der Waals surface area contributed by atoms with Crippen molar-refractivity contribution in [3.63, 3.8) is 0 Å². The molecule has 0 aromatic heterocycles. The second-order valence-corrected chi connectivity index (χ2v) is 3.68. The standard InChI is InChI=1S/C10H20N2O/c1-2-9-5-3-4-8-12(9)10(13)6-7-11/h9H,2-8,11H2,1H3/t9-/m0/s1. The summed E-state index contributed by atoms with van der Waals surface area (Å²) in [7, 11) is 0. The summed E-state index contributed by atoms with van der Waals surface area (Å²) in [6, 6.07) is 0.479. The lowest BCUT2D eigenvalue weighted by Crippen LogP contribution is -2.43. The minimum Gasteiger partial charge on any atom is -0.340 e. The topological polar surface area (TPSA) is 46.3 Å². The zero-order valence-corrected chi connectivity index (χ0v) is 8.46. The van der Waals surface area contributed by atoms with Crippen LogP contribution in [-0.4, -0.2) is 29.9 Å². The zero-order valence-electron chi connectivity index (χ0n) is 8.46. The van der Waals surface area contributed by atoms with Crippen molar-refractivity contribution < 1.29 is 4.79 Å². The fraction of sp³-hybridized carbons (Fsp3) is 0.900. The van der Waals surface area contributed by atoms with Gasteiger partial charge in [0.2, 0.25) is 5.91 Å². The number of piperidine rings is 1. The van der Waals surface area contributed by atoms with Crippen LogP contribution < -0.4 is 5.73 Å². The van der Waals surface area contributed by atoms with Crippen molar-refractivity contribution in [1.82, 2.24) is 4.90 Å². The summed E-state index contributed by atoms with van der Waals surface area (Å²) in [5.41, 5.74) is 5.38. The average molecular weight is 184 g/mol. The van der Waals surface area contributed by atoms with Gasteiger partial charge < -0.3 is 10.6 Å². The molecular weight excluding hydrogens is 164 g/mol. The van der Waals surface area contributed by atoms with Crippen molar-refractivity contribution in [2.75, 3.05) is 13.1 Å². The van der Waals surface area contributed by atoms with Gasteiger partial charge in [0, 0.05) is 25.6 Å². The van der Waals surface area contributed by atoms with E-state index in [0.717, 1.165) is 19.4 Å². The lowest BCUT2D eigenvalue weighted by atomic mass is 9.99. The van der Waals surface area contributed by atoms with Crippen LogP contribution in [0.3, 0.4) is 0 Å². The van der Waals surface area contributed by atoms with E-state index in [4.69, 9.17) is 5.73 Å². The van der Waals surface area contributed by atoms with E-state index in [9.17, 15) is 4.79 Å². The SMILES string of the molecule is CC[C@H]1CCCCN1C(=O)CCN. The molecule has 1 rings (SSSR count). The number of likely N-dealkylation sites (tertiary alicyclic amines) is 1. The summed E-state index contributed by atoms with van der Waals surface area (Å²) in [5, 5.41) is 0. The summed E-state index contributed by atoms with van der Waals surface area (Å²) in [6.07, 6.45) is 5.19. The molecule has 1 aliphatic heterocycles. The van der Waals surface area contributed by atoms with Crippen LogP contribution in [0.5, 0.6) is 0 Å². The molecule has 76 valence electrons. The fourth-order valence-electron chi connectivity index (χ4n) is 2.02. The normalized spacial score (nSPS) is 23.2. The van der Waals surface area contributed by atoms with Crippen molar-refractivity contribution in [3.05, 3.63) is 0 Å². The first-order valence-corrected chi connectivity index (χ1v) is 5.29. The van der Waals surface area contributed by atoms with Gasteiger partial charge in [-0.15, -0.1) is 0 Å². The van der Waals surface area contributed by atoms with Crippen molar-refractivity contribution in [1.29, 1.82) is 0 Å². The maximum atomic E-state index is 11.6. The third-order valence-electron chi connectivity index (χ3n) is 2.78. The Bertz CT molecular complexity index is 170. The summed E-state index contributed by atoms with van der Waals surface area (Å²) in [4.78, 5) is 13.6. The highest BCUT2D eigenvalue weighted by Crippen LogP contribution is 2.19. The van der Waals surface area contributed by atoms with Crippen LogP contribution in [0.1, 0.15) is 39.0 Å². The van der Waals surface area contributed by atoms with E-state index >= 15 is 0 Å². The molecule has 0 unspecified atom stereocenters. The lowest BCUT2D eigenvalue weighted by molar-refractivity contribution is -0.134. The van der Waals surface area contributed by atoms with Crippen LogP contribution in [0, 0.1) is 0 Å². The Labute approximate surface area is 80.3 Å². The molecule has 13 heavy (non-hydrogen) atoms. The first-order valence-electron chi connectivity index (χ1n) is 5.29. The maximum absolute atomic E-state index is 11.6. The molecule has 1 amide bonds. The Kier molecular flexibility index (Phi) is 4.22. The zero-order chi connectivity index (χ0) is 9.68. The number of hydrogen-bond donors (Lipinski definition) is 1. The van der Waals surface area contributed by atoms with Gasteiger partial charge in [-0.1, -0.05) is 6.92 Å². The molecule has 1 heterocycles. The summed E-state index contributed by atoms with van der Waals surface area (Å²) in [6.45, 7) is 3.57. The second-order valence-electron chi connectivity index (χ2n) is 3.68. The van der Waals surface area contributed by atoms with Crippen LogP contribution in [0.2, 0.25) is 0 Å². The molecule has 0 aliphatic carbocycles. The van der Waals surface area contributed by atoms with Gasteiger partial charge in [0.15, 0.2) is 0 Å². The van der Waals surface area contributed by atoms with Gasteiger partial charge in [0.25, 0.3) is 0 Å². The molecule has 0 aromatic rings. The third-order valence-corrected chi connectivity index (χ3v) is 2.78. The van der Waals surface area contributed by atoms with Crippen molar-refractivity contribution in [2.24, 2.45) is 5.73 Å². The third kappa shape index (κ3) is 2.69. The van der Waals surface area contributed by atoms with Crippen LogP contribution >= 0.6 is 0 Å². The van der Waals surface area contributed by atoms with Crippen molar-refractivity contribution in [3.8, 4) is 0 Å². The van der Waals surface area contributed by atoms with Gasteiger partial charge in [-0.2, -0.15) is 0 Å². The Hall–Kier alpha value is -0.570. The summed E-state index contributed by atoms with van der Waals surface area (Å²) in [5.74, 6) is 0.244. The lowest BCUT2D eigenvalue weighted by Gasteiger charge is -2.35. The predicted octanol–water partition coefficient (Wildman–Crippen LogP) is 1.13. The molecular formula is C10H20N2O. The first kappa shape index (κ1) is 10.5. The van der Waals surface area contributed by atoms with Gasteiger partial charge in [-0.25, -0.2) is 0 Å². The van der Waals surface area contributed by atoms with Crippen LogP contribution in [0.25, 0.3) is 0 Å². The molecule has 1 atom stereocenters. The number of amides is 1. The van der Waals surface area contributed by atoms with Gasteiger partial charge in [-0.05, 0) is 25.7 Å². The number of rotatable bonds is 3. The molecule has 2 N–H and O–H groups in total. The molecule has 3 heteroatoms. The van der Waals surface area contributed by atoms with E-state index in [1.807, 2.05) is 4.90 Å². The molecule has 0 radical (unpaired) electrons. The molecule has 0 bridgehead atoms. The highest BCUT2D eigenvalue weighted by atomic mass is 16.2. The summed E-state index contributed by atoms with van der Waals surface area (Å²) >= 11 is 0. The number of nitrogens with two attached hydrogens (primary N) is 1. The Morgan fingerprint density at radius 2 is 2.31 bits per heavy atom. The second kappa shape index (κ2) is 5.22.